The summed E-state index contributed by atoms with van der Waals surface area (Å²) < 4.78 is 0. The van der Waals surface area contributed by atoms with Crippen molar-refractivity contribution in [3.8, 4) is 5.75 Å². The van der Waals surface area contributed by atoms with Crippen molar-refractivity contribution >= 4 is 17.5 Å². The minimum absolute atomic E-state index is 0.0121. The molecule has 1 aliphatic heterocycles. The Morgan fingerprint density at radius 2 is 2.06 bits per heavy atom. The maximum absolute atomic E-state index is 12.3. The predicted octanol–water partition coefficient (Wildman–Crippen LogP) is 2.54. The van der Waals surface area contributed by atoms with Crippen LogP contribution in [0.25, 0.3) is 0 Å². The lowest BCUT2D eigenvalue weighted by Crippen LogP contribution is -2.39. The molecule has 0 saturated carbocycles. The SMILES string of the molecule is Cc1c(O)cccc1C(=O)N1CCC(Cl)CC1. The first-order chi connectivity index (χ1) is 8.09. The highest BCUT2D eigenvalue weighted by Crippen LogP contribution is 2.23. The highest BCUT2D eigenvalue weighted by Gasteiger charge is 2.23. The van der Waals surface area contributed by atoms with E-state index in [-0.39, 0.29) is 17.0 Å². The number of hydrogen-bond donors (Lipinski definition) is 1. The number of halogens is 1. The minimum atomic E-state index is -0.0121. The van der Waals surface area contributed by atoms with Crippen LogP contribution in [0.1, 0.15) is 28.8 Å². The molecule has 0 aliphatic carbocycles. The first-order valence-corrected chi connectivity index (χ1v) is 6.25. The van der Waals surface area contributed by atoms with E-state index in [1.807, 2.05) is 0 Å². The third kappa shape index (κ3) is 2.55. The van der Waals surface area contributed by atoms with E-state index >= 15 is 0 Å². The summed E-state index contributed by atoms with van der Waals surface area (Å²) in [7, 11) is 0. The number of hydrogen-bond acceptors (Lipinski definition) is 2. The lowest BCUT2D eigenvalue weighted by molar-refractivity contribution is 0.0725. The van der Waals surface area contributed by atoms with Gasteiger partial charge in [0.2, 0.25) is 0 Å². The largest absolute Gasteiger partial charge is 0.508 e. The third-order valence-corrected chi connectivity index (χ3v) is 3.68. The number of piperidine rings is 1. The summed E-state index contributed by atoms with van der Waals surface area (Å²) >= 11 is 6.01. The van der Waals surface area contributed by atoms with Gasteiger partial charge in [0, 0.05) is 29.6 Å². The van der Waals surface area contributed by atoms with Gasteiger partial charge >= 0.3 is 0 Å². The van der Waals surface area contributed by atoms with Crippen molar-refractivity contribution in [3.05, 3.63) is 29.3 Å². The zero-order chi connectivity index (χ0) is 12.4. The Balaban J connectivity index is 2.17. The molecular weight excluding hydrogens is 238 g/mol. The zero-order valence-corrected chi connectivity index (χ0v) is 10.6. The van der Waals surface area contributed by atoms with Gasteiger partial charge in [0.1, 0.15) is 5.75 Å². The second-order valence-corrected chi connectivity index (χ2v) is 5.03. The molecule has 1 amide bonds. The van der Waals surface area contributed by atoms with Crippen LogP contribution in [0, 0.1) is 6.92 Å². The highest BCUT2D eigenvalue weighted by molar-refractivity contribution is 6.20. The van der Waals surface area contributed by atoms with Crippen LogP contribution in [0.2, 0.25) is 0 Å². The van der Waals surface area contributed by atoms with Crippen molar-refractivity contribution in [1.29, 1.82) is 0 Å². The van der Waals surface area contributed by atoms with Gasteiger partial charge in [-0.05, 0) is 31.9 Å². The standard InChI is InChI=1S/C13H16ClNO2/c1-9-11(3-2-4-12(9)16)13(17)15-7-5-10(14)6-8-15/h2-4,10,16H,5-8H2,1H3. The van der Waals surface area contributed by atoms with Crippen LogP contribution in [-0.2, 0) is 0 Å². The van der Waals surface area contributed by atoms with E-state index in [0.29, 0.717) is 24.2 Å². The van der Waals surface area contributed by atoms with Gasteiger partial charge in [-0.3, -0.25) is 4.79 Å². The summed E-state index contributed by atoms with van der Waals surface area (Å²) in [4.78, 5) is 14.1. The number of rotatable bonds is 1. The molecule has 1 fully saturated rings. The molecule has 0 radical (unpaired) electrons. The smallest absolute Gasteiger partial charge is 0.254 e. The Hall–Kier alpha value is -1.22. The molecule has 0 atom stereocenters. The summed E-state index contributed by atoms with van der Waals surface area (Å²) in [5.41, 5.74) is 1.23. The molecule has 2 rings (SSSR count). The number of carbonyl (C=O) groups is 1. The van der Waals surface area contributed by atoms with Crippen LogP contribution >= 0.6 is 11.6 Å². The molecule has 3 nitrogen and oxygen atoms in total. The summed E-state index contributed by atoms with van der Waals surface area (Å²) in [5, 5.41) is 9.78. The lowest BCUT2D eigenvalue weighted by atomic mass is 10.0. The lowest BCUT2D eigenvalue weighted by Gasteiger charge is -2.29. The van der Waals surface area contributed by atoms with Crippen LogP contribution in [0.4, 0.5) is 0 Å². The molecule has 17 heavy (non-hydrogen) atoms. The number of benzene rings is 1. The van der Waals surface area contributed by atoms with E-state index < -0.39 is 0 Å². The molecule has 4 heteroatoms. The first-order valence-electron chi connectivity index (χ1n) is 5.81. The number of nitrogens with zero attached hydrogens (tertiary/aromatic N) is 1. The topological polar surface area (TPSA) is 40.5 Å². The fourth-order valence-electron chi connectivity index (χ4n) is 2.08. The van der Waals surface area contributed by atoms with Crippen molar-refractivity contribution in [2.75, 3.05) is 13.1 Å². The van der Waals surface area contributed by atoms with E-state index in [1.165, 1.54) is 0 Å². The molecule has 1 heterocycles. The Labute approximate surface area is 106 Å². The van der Waals surface area contributed by atoms with Crippen LogP contribution in [0.3, 0.4) is 0 Å². The van der Waals surface area contributed by atoms with E-state index in [2.05, 4.69) is 0 Å². The number of likely N-dealkylation sites (tertiary alicyclic amines) is 1. The molecule has 0 bridgehead atoms. The molecule has 1 aromatic carbocycles. The summed E-state index contributed by atoms with van der Waals surface area (Å²) in [5.74, 6) is 0.157. The van der Waals surface area contributed by atoms with Crippen LogP contribution < -0.4 is 0 Å². The molecule has 92 valence electrons. The highest BCUT2D eigenvalue weighted by atomic mass is 35.5. The Kier molecular flexibility index (Phi) is 3.57. The van der Waals surface area contributed by atoms with E-state index in [0.717, 1.165) is 12.8 Å². The maximum Gasteiger partial charge on any atom is 0.254 e. The van der Waals surface area contributed by atoms with Crippen molar-refractivity contribution < 1.29 is 9.90 Å². The summed E-state index contributed by atoms with van der Waals surface area (Å²) in [6, 6.07) is 5.05. The van der Waals surface area contributed by atoms with Gasteiger partial charge in [0.25, 0.3) is 5.91 Å². The van der Waals surface area contributed by atoms with Crippen molar-refractivity contribution in [1.82, 2.24) is 4.90 Å². The number of carbonyl (C=O) groups excluding carboxylic acids is 1. The van der Waals surface area contributed by atoms with E-state index in [9.17, 15) is 9.90 Å². The number of aromatic hydroxyl groups is 1. The fourth-order valence-corrected chi connectivity index (χ4v) is 2.27. The van der Waals surface area contributed by atoms with Gasteiger partial charge in [-0.15, -0.1) is 11.6 Å². The molecular formula is C13H16ClNO2. The number of phenols is 1. The number of alkyl halides is 1. The van der Waals surface area contributed by atoms with Crippen molar-refractivity contribution in [2.24, 2.45) is 0 Å². The predicted molar refractivity (Wildman–Crippen MR) is 67.6 cm³/mol. The Morgan fingerprint density at radius 1 is 1.41 bits per heavy atom. The van der Waals surface area contributed by atoms with Gasteiger partial charge in [0.05, 0.1) is 0 Å². The molecule has 0 unspecified atom stereocenters. The fraction of sp³-hybridized carbons (Fsp3) is 0.462. The van der Waals surface area contributed by atoms with Crippen molar-refractivity contribution in [3.63, 3.8) is 0 Å². The molecule has 1 saturated heterocycles. The molecule has 0 spiro atoms. The summed E-state index contributed by atoms with van der Waals surface area (Å²) in [6.07, 6.45) is 1.68. The van der Waals surface area contributed by atoms with Crippen LogP contribution in [0.15, 0.2) is 18.2 Å². The van der Waals surface area contributed by atoms with E-state index in [4.69, 9.17) is 11.6 Å². The molecule has 1 aromatic rings. The minimum Gasteiger partial charge on any atom is -0.508 e. The van der Waals surface area contributed by atoms with Gasteiger partial charge in [-0.1, -0.05) is 6.07 Å². The molecule has 1 aliphatic rings. The van der Waals surface area contributed by atoms with Gasteiger partial charge in [-0.2, -0.15) is 0 Å². The quantitative estimate of drug-likeness (QED) is 0.782. The monoisotopic (exact) mass is 253 g/mol. The Morgan fingerprint density at radius 3 is 2.71 bits per heavy atom. The van der Waals surface area contributed by atoms with Gasteiger partial charge in [-0.25, -0.2) is 0 Å². The van der Waals surface area contributed by atoms with Gasteiger partial charge < -0.3 is 10.0 Å². The second-order valence-electron chi connectivity index (χ2n) is 4.42. The average molecular weight is 254 g/mol. The average Bonchev–Trinajstić information content (AvgIpc) is 2.33. The molecule has 0 aromatic heterocycles. The first kappa shape index (κ1) is 12.2. The third-order valence-electron chi connectivity index (χ3n) is 3.25. The number of phenolic OH excluding ortho intramolecular Hbond substituents is 1. The van der Waals surface area contributed by atoms with E-state index in [1.54, 1.807) is 30.0 Å². The van der Waals surface area contributed by atoms with Crippen LogP contribution in [0.5, 0.6) is 5.75 Å². The zero-order valence-electron chi connectivity index (χ0n) is 9.82. The van der Waals surface area contributed by atoms with Gasteiger partial charge in [0.15, 0.2) is 0 Å². The second kappa shape index (κ2) is 4.96. The normalized spacial score (nSPS) is 17.2. The van der Waals surface area contributed by atoms with Crippen molar-refractivity contribution in [2.45, 2.75) is 25.1 Å². The molecule has 1 N–H and O–H groups in total. The number of amides is 1. The Bertz CT molecular complexity index is 425. The maximum atomic E-state index is 12.3. The van der Waals surface area contributed by atoms with Crippen LogP contribution in [-0.4, -0.2) is 34.4 Å². The summed E-state index contributed by atoms with van der Waals surface area (Å²) in [6.45, 7) is 3.15.